The summed E-state index contributed by atoms with van der Waals surface area (Å²) in [6, 6.07) is 13.6. The first kappa shape index (κ1) is 30.5. The van der Waals surface area contributed by atoms with E-state index in [4.69, 9.17) is 4.74 Å². The molecule has 228 valence electrons. The molecule has 0 bridgehead atoms. The number of thioether (sulfide) groups is 1. The number of benzene rings is 2. The monoisotopic (exact) mass is 625 g/mol. The largest absolute Gasteiger partial charge is 0.573 e. The molecule has 44 heavy (non-hydrogen) atoms. The molecule has 3 amide bonds. The summed E-state index contributed by atoms with van der Waals surface area (Å²) in [5.41, 5.74) is 3.80. The van der Waals surface area contributed by atoms with Crippen LogP contribution in [-0.4, -0.2) is 49.0 Å². The zero-order chi connectivity index (χ0) is 31.4. The van der Waals surface area contributed by atoms with Gasteiger partial charge in [-0.25, -0.2) is 14.5 Å². The molecule has 2 aromatic carbocycles. The lowest BCUT2D eigenvalue weighted by atomic mass is 9.99. The Morgan fingerprint density at radius 2 is 1.89 bits per heavy atom. The Morgan fingerprint density at radius 3 is 2.57 bits per heavy atom. The summed E-state index contributed by atoms with van der Waals surface area (Å²) in [6.07, 6.45) is -1.92. The van der Waals surface area contributed by atoms with E-state index >= 15 is 0 Å². The molecule has 1 aliphatic heterocycles. The van der Waals surface area contributed by atoms with Crippen LogP contribution in [0.3, 0.4) is 0 Å². The number of alkyl halides is 3. The zero-order valence-corrected chi connectivity index (χ0v) is 24.5. The van der Waals surface area contributed by atoms with Crippen LogP contribution in [0.4, 0.5) is 29.5 Å². The van der Waals surface area contributed by atoms with Gasteiger partial charge in [0.2, 0.25) is 5.91 Å². The standard InChI is InChI=1S/C29H26F3N7O4S/c1-17(2)22-10-4-18(3)12-23(22)39-25(40)15-44-28(39)36-26(41)35-24-11-5-19(13-33-24)14-42-27-34-16-38(37-27)20-6-8-21(9-7-20)43-29(30,31)32/h4-13,16-17H,14-15H2,1-3H3,(H,33,35,41)/b36-28-. The van der Waals surface area contributed by atoms with Crippen LogP contribution in [0.2, 0.25) is 0 Å². The minimum absolute atomic E-state index is 0.0382. The molecule has 1 N–H and O–H groups in total. The quantitative estimate of drug-likeness (QED) is 0.244. The Hall–Kier alpha value is -4.92. The minimum Gasteiger partial charge on any atom is -0.457 e. The van der Waals surface area contributed by atoms with Gasteiger partial charge in [0.25, 0.3) is 0 Å². The van der Waals surface area contributed by atoms with Gasteiger partial charge in [0.1, 0.15) is 24.5 Å². The van der Waals surface area contributed by atoms with Crippen molar-refractivity contribution < 1.29 is 32.2 Å². The highest BCUT2D eigenvalue weighted by Gasteiger charge is 2.33. The highest BCUT2D eigenvalue weighted by molar-refractivity contribution is 8.15. The number of aryl methyl sites for hydroxylation is 1. The molecule has 11 nitrogen and oxygen atoms in total. The van der Waals surface area contributed by atoms with Crippen molar-refractivity contribution in [3.63, 3.8) is 0 Å². The molecule has 4 aromatic rings. The van der Waals surface area contributed by atoms with Crippen LogP contribution in [0.15, 0.2) is 72.1 Å². The third-order valence-electron chi connectivity index (χ3n) is 6.24. The number of carbonyl (C=O) groups excluding carboxylic acids is 2. The second-order valence-electron chi connectivity index (χ2n) is 9.91. The average Bonchev–Trinajstić information content (AvgIpc) is 3.58. The minimum atomic E-state index is -4.78. The number of anilines is 2. The van der Waals surface area contributed by atoms with Crippen LogP contribution in [-0.2, 0) is 11.4 Å². The molecule has 3 heterocycles. The number of aromatic nitrogens is 4. The topological polar surface area (TPSA) is 124 Å². The van der Waals surface area contributed by atoms with Gasteiger partial charge < -0.3 is 9.47 Å². The molecule has 5 rings (SSSR count). The second kappa shape index (κ2) is 12.8. The van der Waals surface area contributed by atoms with Crippen molar-refractivity contribution >= 4 is 40.4 Å². The van der Waals surface area contributed by atoms with Crippen molar-refractivity contribution in [2.45, 2.75) is 39.7 Å². The van der Waals surface area contributed by atoms with Gasteiger partial charge in [0, 0.05) is 11.8 Å². The van der Waals surface area contributed by atoms with Gasteiger partial charge >= 0.3 is 18.4 Å². The highest BCUT2D eigenvalue weighted by Crippen LogP contribution is 2.34. The first-order valence-corrected chi connectivity index (χ1v) is 14.3. The number of urea groups is 1. The molecule has 1 fully saturated rings. The molecule has 1 aliphatic rings. The molecule has 0 spiro atoms. The lowest BCUT2D eigenvalue weighted by Gasteiger charge is -2.22. The van der Waals surface area contributed by atoms with Gasteiger partial charge in [-0.1, -0.05) is 43.8 Å². The molecule has 0 atom stereocenters. The van der Waals surface area contributed by atoms with Gasteiger partial charge in [0.15, 0.2) is 5.17 Å². The average molecular weight is 626 g/mol. The molecule has 0 radical (unpaired) electrons. The molecule has 1 saturated heterocycles. The Morgan fingerprint density at radius 1 is 1.11 bits per heavy atom. The van der Waals surface area contributed by atoms with E-state index < -0.39 is 12.4 Å². The highest BCUT2D eigenvalue weighted by atomic mass is 32.2. The van der Waals surface area contributed by atoms with Crippen LogP contribution in [0.5, 0.6) is 11.8 Å². The number of amides is 3. The lowest BCUT2D eigenvalue weighted by molar-refractivity contribution is -0.274. The number of ether oxygens (including phenoxy) is 2. The molecule has 0 aliphatic carbocycles. The van der Waals surface area contributed by atoms with Crippen molar-refractivity contribution in [3.8, 4) is 17.4 Å². The predicted octanol–water partition coefficient (Wildman–Crippen LogP) is 6.24. The van der Waals surface area contributed by atoms with Gasteiger partial charge in [0.05, 0.1) is 17.1 Å². The Labute approximate surface area is 254 Å². The van der Waals surface area contributed by atoms with E-state index in [0.717, 1.165) is 28.9 Å². The normalized spacial score (nSPS) is 14.4. The second-order valence-corrected chi connectivity index (χ2v) is 10.9. The van der Waals surface area contributed by atoms with E-state index in [1.54, 1.807) is 12.1 Å². The van der Waals surface area contributed by atoms with E-state index in [-0.39, 0.29) is 41.8 Å². The lowest BCUT2D eigenvalue weighted by Crippen LogP contribution is -2.31. The summed E-state index contributed by atoms with van der Waals surface area (Å²) < 4.78 is 47.9. The fourth-order valence-corrected chi connectivity index (χ4v) is 5.07. The number of amidine groups is 1. The Bertz CT molecular complexity index is 1690. The summed E-state index contributed by atoms with van der Waals surface area (Å²) in [5.74, 6) is 0.0992. The maximum atomic E-state index is 12.8. The summed E-state index contributed by atoms with van der Waals surface area (Å²) in [5, 5.41) is 7.07. The number of halogens is 3. The summed E-state index contributed by atoms with van der Waals surface area (Å²) in [7, 11) is 0. The Balaban J connectivity index is 1.18. The van der Waals surface area contributed by atoms with Crippen LogP contribution < -0.4 is 19.7 Å². The first-order chi connectivity index (χ1) is 20.9. The van der Waals surface area contributed by atoms with E-state index in [1.807, 2.05) is 39.0 Å². The van der Waals surface area contributed by atoms with Crippen LogP contribution in [0.25, 0.3) is 5.69 Å². The number of pyridine rings is 1. The number of hydrogen-bond donors (Lipinski definition) is 1. The van der Waals surface area contributed by atoms with Crippen molar-refractivity contribution in [1.29, 1.82) is 0 Å². The van der Waals surface area contributed by atoms with E-state index in [0.29, 0.717) is 16.4 Å². The summed E-state index contributed by atoms with van der Waals surface area (Å²) in [6.45, 7) is 6.08. The Kier molecular flexibility index (Phi) is 8.85. The summed E-state index contributed by atoms with van der Waals surface area (Å²) in [4.78, 5) is 39.4. The SMILES string of the molecule is Cc1ccc(C(C)C)c(N2C(=O)CS/C2=N\C(=O)Nc2ccc(COc3ncn(-c4ccc(OC(F)(F)F)cc4)n3)cn2)c1. The molecule has 2 aromatic heterocycles. The van der Waals surface area contributed by atoms with Crippen LogP contribution in [0.1, 0.15) is 36.5 Å². The third kappa shape index (κ3) is 7.53. The van der Waals surface area contributed by atoms with E-state index in [9.17, 15) is 22.8 Å². The maximum absolute atomic E-state index is 12.8. The fraction of sp³-hybridized carbons (Fsp3) is 0.241. The number of nitrogens with one attached hydrogen (secondary N) is 1. The fourth-order valence-electron chi connectivity index (χ4n) is 4.21. The number of nitrogens with zero attached hydrogens (tertiary/aromatic N) is 6. The number of hydrogen-bond acceptors (Lipinski definition) is 8. The summed E-state index contributed by atoms with van der Waals surface area (Å²) >= 11 is 1.20. The number of rotatable bonds is 8. The van der Waals surface area contributed by atoms with Crippen molar-refractivity contribution in [2.24, 2.45) is 4.99 Å². The van der Waals surface area contributed by atoms with Gasteiger partial charge in [-0.3, -0.25) is 15.0 Å². The van der Waals surface area contributed by atoms with Crippen molar-refractivity contribution in [2.75, 3.05) is 16.0 Å². The molecule has 0 saturated carbocycles. The van der Waals surface area contributed by atoms with Gasteiger partial charge in [-0.2, -0.15) is 9.98 Å². The molecular formula is C29H26F3N7O4S. The van der Waals surface area contributed by atoms with Crippen molar-refractivity contribution in [1.82, 2.24) is 19.7 Å². The van der Waals surface area contributed by atoms with E-state index in [2.05, 4.69) is 30.1 Å². The third-order valence-corrected chi connectivity index (χ3v) is 7.17. The smallest absolute Gasteiger partial charge is 0.457 e. The number of aliphatic imine (C=N–C) groups is 1. The number of carbonyl (C=O) groups is 2. The van der Waals surface area contributed by atoms with Crippen molar-refractivity contribution in [3.05, 3.63) is 83.8 Å². The van der Waals surface area contributed by atoms with Gasteiger partial charge in [-0.05, 0) is 60.4 Å². The van der Waals surface area contributed by atoms with E-state index in [1.165, 1.54) is 46.0 Å². The van der Waals surface area contributed by atoms with Crippen LogP contribution >= 0.6 is 11.8 Å². The zero-order valence-electron chi connectivity index (χ0n) is 23.7. The predicted molar refractivity (Wildman–Crippen MR) is 158 cm³/mol. The first-order valence-electron chi connectivity index (χ1n) is 13.3. The maximum Gasteiger partial charge on any atom is 0.573 e. The van der Waals surface area contributed by atoms with Crippen LogP contribution in [0, 0.1) is 6.92 Å². The van der Waals surface area contributed by atoms with Gasteiger partial charge in [-0.15, -0.1) is 18.3 Å². The molecular weight excluding hydrogens is 599 g/mol. The molecule has 0 unspecified atom stereocenters. The molecule has 15 heteroatoms.